The second-order valence-corrected chi connectivity index (χ2v) is 3.17. The third-order valence-corrected chi connectivity index (χ3v) is 2.14. The number of fused-ring (bicyclic) bond motifs is 2. The van der Waals surface area contributed by atoms with E-state index in [2.05, 4.69) is 6.58 Å². The summed E-state index contributed by atoms with van der Waals surface area (Å²) in [7, 11) is 0. The number of rotatable bonds is 2. The van der Waals surface area contributed by atoms with Gasteiger partial charge < -0.3 is 5.11 Å². The van der Waals surface area contributed by atoms with Crippen LogP contribution in [-0.2, 0) is 9.59 Å². The molecule has 2 bridgehead atoms. The molecule has 2 rings (SSSR count). The van der Waals surface area contributed by atoms with E-state index < -0.39 is 5.97 Å². The minimum Gasteiger partial charge on any atom is -0.478 e. The van der Waals surface area contributed by atoms with Crippen molar-refractivity contribution in [1.82, 2.24) is 0 Å². The number of aliphatic carboxylic acids is 1. The van der Waals surface area contributed by atoms with Gasteiger partial charge in [0.2, 0.25) is 0 Å². The number of carboxylic acid groups (broad SMARTS) is 1. The maximum Gasteiger partial charge on any atom is 0.330 e. The molecule has 0 radical (unpaired) electrons. The normalized spacial score (nSPS) is 15.4. The summed E-state index contributed by atoms with van der Waals surface area (Å²) in [6.45, 7) is 5.03. The number of hydrogen-bond donors (Lipinski definition) is 1. The zero-order valence-electron chi connectivity index (χ0n) is 8.49. The number of carboxylic acids is 1. The molecule has 0 saturated carbocycles. The molecule has 0 spiro atoms. The number of allylic oxidation sites excluding steroid dienone is 6. The van der Waals surface area contributed by atoms with Crippen LogP contribution in [0.3, 0.4) is 0 Å². The summed E-state index contributed by atoms with van der Waals surface area (Å²) in [4.78, 5) is 20.6. The molecule has 0 aromatic heterocycles. The Balaban J connectivity index is 0.000000153. The predicted octanol–water partition coefficient (Wildman–Crippen LogP) is 2.03. The highest BCUT2D eigenvalue weighted by Gasteiger charge is 2.19. The van der Waals surface area contributed by atoms with Crippen LogP contribution in [0.2, 0.25) is 0 Å². The van der Waals surface area contributed by atoms with Crippen molar-refractivity contribution < 1.29 is 14.7 Å². The minimum atomic E-state index is -0.900. The van der Waals surface area contributed by atoms with Gasteiger partial charge in [0.15, 0.2) is 5.78 Å². The van der Waals surface area contributed by atoms with Crippen LogP contribution in [0.4, 0.5) is 0 Å². The van der Waals surface area contributed by atoms with Crippen molar-refractivity contribution in [2.45, 2.75) is 13.3 Å². The second-order valence-electron chi connectivity index (χ2n) is 3.17. The first-order valence-electron chi connectivity index (χ1n) is 4.62. The van der Waals surface area contributed by atoms with E-state index in [1.807, 2.05) is 24.3 Å². The van der Waals surface area contributed by atoms with Crippen LogP contribution in [0.1, 0.15) is 13.3 Å². The highest BCUT2D eigenvalue weighted by Crippen LogP contribution is 2.23. The van der Waals surface area contributed by atoms with Crippen molar-refractivity contribution in [1.29, 1.82) is 0 Å². The van der Waals surface area contributed by atoms with Crippen molar-refractivity contribution in [2.75, 3.05) is 0 Å². The SMILES string of the molecule is C=C(CC)C(=O)O.O=C1C2=CC=C1C=C2. The molecule has 78 valence electrons. The van der Waals surface area contributed by atoms with Crippen LogP contribution in [0.25, 0.3) is 0 Å². The predicted molar refractivity (Wildman–Crippen MR) is 57.4 cm³/mol. The molecule has 0 aromatic carbocycles. The van der Waals surface area contributed by atoms with E-state index in [1.54, 1.807) is 6.92 Å². The number of carbonyl (C=O) groups excluding carboxylic acids is 1. The van der Waals surface area contributed by atoms with Crippen LogP contribution in [0, 0.1) is 0 Å². The lowest BCUT2D eigenvalue weighted by Gasteiger charge is -1.87. The van der Waals surface area contributed by atoms with Crippen LogP contribution in [0.5, 0.6) is 0 Å². The van der Waals surface area contributed by atoms with Crippen LogP contribution in [-0.4, -0.2) is 16.9 Å². The Morgan fingerprint density at radius 1 is 1.33 bits per heavy atom. The van der Waals surface area contributed by atoms with E-state index in [0.29, 0.717) is 6.42 Å². The fourth-order valence-corrected chi connectivity index (χ4v) is 1.09. The van der Waals surface area contributed by atoms with E-state index in [-0.39, 0.29) is 11.4 Å². The third-order valence-electron chi connectivity index (χ3n) is 2.14. The van der Waals surface area contributed by atoms with Gasteiger partial charge in [0.1, 0.15) is 0 Å². The molecule has 0 amide bonds. The summed E-state index contributed by atoms with van der Waals surface area (Å²) in [6.07, 6.45) is 7.90. The Morgan fingerprint density at radius 2 is 1.80 bits per heavy atom. The summed E-state index contributed by atoms with van der Waals surface area (Å²) < 4.78 is 0. The molecule has 0 unspecified atom stereocenters. The molecule has 3 nitrogen and oxygen atoms in total. The van der Waals surface area contributed by atoms with Gasteiger partial charge in [-0.25, -0.2) is 4.79 Å². The molecule has 0 atom stereocenters. The number of Topliss-reactive ketones (excluding diaryl/α,β-unsaturated/α-hetero) is 1. The average molecular weight is 204 g/mol. The van der Waals surface area contributed by atoms with E-state index in [0.717, 1.165) is 11.1 Å². The molecule has 0 aliphatic heterocycles. The monoisotopic (exact) mass is 204 g/mol. The molecular formula is C12H12O3. The summed E-state index contributed by atoms with van der Waals surface area (Å²) in [6, 6.07) is 0. The second kappa shape index (κ2) is 4.55. The van der Waals surface area contributed by atoms with Gasteiger partial charge in [0.05, 0.1) is 0 Å². The summed E-state index contributed by atoms with van der Waals surface area (Å²) in [5, 5.41) is 8.08. The summed E-state index contributed by atoms with van der Waals surface area (Å²) >= 11 is 0. The fourth-order valence-electron chi connectivity index (χ4n) is 1.09. The van der Waals surface area contributed by atoms with Gasteiger partial charge in [-0.15, -0.1) is 0 Å². The molecule has 15 heavy (non-hydrogen) atoms. The Morgan fingerprint density at radius 3 is 1.87 bits per heavy atom. The molecule has 1 N–H and O–H groups in total. The van der Waals surface area contributed by atoms with Crippen molar-refractivity contribution in [3.8, 4) is 0 Å². The highest BCUT2D eigenvalue weighted by atomic mass is 16.4. The number of carbonyl (C=O) groups is 2. The van der Waals surface area contributed by atoms with E-state index in [1.165, 1.54) is 0 Å². The Labute approximate surface area is 88.1 Å². The van der Waals surface area contributed by atoms with Crippen molar-refractivity contribution in [3.63, 3.8) is 0 Å². The number of hydrogen-bond acceptors (Lipinski definition) is 2. The standard InChI is InChI=1S/C7H4O.C5H8O2/c8-7-5-1-2-6(7)4-3-5;1-3-4(2)5(6)7/h1-4H;2-3H2,1H3,(H,6,7). The fraction of sp³-hybridized carbons (Fsp3) is 0.167. The van der Waals surface area contributed by atoms with Crippen molar-refractivity contribution in [2.24, 2.45) is 0 Å². The molecule has 0 fully saturated rings. The van der Waals surface area contributed by atoms with Crippen LogP contribution < -0.4 is 0 Å². The first-order chi connectivity index (χ1) is 7.06. The van der Waals surface area contributed by atoms with Gasteiger partial charge in [-0.05, 0) is 6.42 Å². The lowest BCUT2D eigenvalue weighted by Crippen LogP contribution is -1.95. The Kier molecular flexibility index (Phi) is 3.39. The smallest absolute Gasteiger partial charge is 0.330 e. The first kappa shape index (κ1) is 11.2. The largest absolute Gasteiger partial charge is 0.478 e. The van der Waals surface area contributed by atoms with Crippen molar-refractivity contribution in [3.05, 3.63) is 47.6 Å². The zero-order chi connectivity index (χ0) is 11.4. The topological polar surface area (TPSA) is 54.4 Å². The first-order valence-corrected chi connectivity index (χ1v) is 4.62. The maximum absolute atomic E-state index is 10.8. The molecule has 0 heterocycles. The zero-order valence-corrected chi connectivity index (χ0v) is 8.49. The Hall–Kier alpha value is -1.90. The molecule has 3 heteroatoms. The van der Waals surface area contributed by atoms with Gasteiger partial charge in [-0.2, -0.15) is 0 Å². The van der Waals surface area contributed by atoms with Crippen LogP contribution >= 0.6 is 0 Å². The quantitative estimate of drug-likeness (QED) is 0.700. The van der Waals surface area contributed by atoms with E-state index >= 15 is 0 Å². The van der Waals surface area contributed by atoms with Gasteiger partial charge in [-0.3, -0.25) is 4.79 Å². The molecule has 2 aliphatic rings. The maximum atomic E-state index is 10.8. The lowest BCUT2D eigenvalue weighted by atomic mass is 10.2. The summed E-state index contributed by atoms with van der Waals surface area (Å²) in [5.74, 6) is -0.715. The van der Waals surface area contributed by atoms with E-state index in [9.17, 15) is 9.59 Å². The van der Waals surface area contributed by atoms with Gasteiger partial charge in [0, 0.05) is 16.7 Å². The molecular weight excluding hydrogens is 192 g/mol. The number of ketones is 1. The van der Waals surface area contributed by atoms with Gasteiger partial charge in [0.25, 0.3) is 0 Å². The highest BCUT2D eigenvalue weighted by molar-refractivity contribution is 6.17. The van der Waals surface area contributed by atoms with Crippen molar-refractivity contribution >= 4 is 11.8 Å². The van der Waals surface area contributed by atoms with Gasteiger partial charge in [-0.1, -0.05) is 37.8 Å². The lowest BCUT2D eigenvalue weighted by molar-refractivity contribution is -0.132. The van der Waals surface area contributed by atoms with E-state index in [4.69, 9.17) is 5.11 Å². The Bertz CT molecular complexity index is 385. The molecule has 2 aliphatic carbocycles. The molecule has 0 aromatic rings. The third kappa shape index (κ3) is 2.53. The minimum absolute atomic E-state index is 0.185. The average Bonchev–Trinajstić information content (AvgIpc) is 2.76. The van der Waals surface area contributed by atoms with Gasteiger partial charge >= 0.3 is 5.97 Å². The molecule has 0 saturated heterocycles. The van der Waals surface area contributed by atoms with Crippen LogP contribution in [0.15, 0.2) is 47.6 Å². The summed E-state index contributed by atoms with van der Waals surface area (Å²) in [5.41, 5.74) is 1.93.